The van der Waals surface area contributed by atoms with Crippen molar-refractivity contribution in [2.24, 2.45) is 0 Å². The number of para-hydroxylation sites is 2. The van der Waals surface area contributed by atoms with Crippen LogP contribution in [0.15, 0.2) is 200 Å². The van der Waals surface area contributed by atoms with E-state index in [0.717, 1.165) is 17.1 Å². The van der Waals surface area contributed by atoms with Crippen LogP contribution in [0.3, 0.4) is 0 Å². The first-order valence-electron chi connectivity index (χ1n) is 19.8. The standard InChI is InChI=1S/C55H39NS/c1-55(2)48-21-9-5-19-46(48)54-45(20-13-22-49(54)55)43-17-7-11-24-51(43)56(50-23-10-6-16-42(50)40-27-26-36-14-3-4-15-38(36)34-40)41-31-28-37(29-32-41)39-30-33-53-47(35-39)44-18-8-12-25-52(44)57-53/h3-35H,1-2H3. The Bertz CT molecular complexity index is 3170. The Kier molecular flexibility index (Phi) is 7.77. The Morgan fingerprint density at radius 3 is 1.82 bits per heavy atom. The van der Waals surface area contributed by atoms with Crippen LogP contribution in [-0.4, -0.2) is 0 Å². The second kappa shape index (κ2) is 13.2. The number of fused-ring (bicyclic) bond motifs is 7. The van der Waals surface area contributed by atoms with Crippen LogP contribution in [0.5, 0.6) is 0 Å². The third kappa shape index (κ3) is 5.44. The molecule has 0 fully saturated rings. The Morgan fingerprint density at radius 1 is 0.386 bits per heavy atom. The van der Waals surface area contributed by atoms with Gasteiger partial charge in [-0.15, -0.1) is 11.3 Å². The maximum Gasteiger partial charge on any atom is 0.0540 e. The molecule has 0 bridgehead atoms. The monoisotopic (exact) mass is 745 g/mol. The fourth-order valence-electron chi connectivity index (χ4n) is 9.26. The topological polar surface area (TPSA) is 3.24 Å². The molecule has 0 aliphatic heterocycles. The van der Waals surface area contributed by atoms with E-state index >= 15 is 0 Å². The van der Waals surface area contributed by atoms with Gasteiger partial charge in [-0.3, -0.25) is 0 Å². The minimum absolute atomic E-state index is 0.0899. The predicted octanol–water partition coefficient (Wildman–Crippen LogP) is 16.0. The van der Waals surface area contributed by atoms with Crippen molar-refractivity contribution in [3.05, 3.63) is 211 Å². The first-order chi connectivity index (χ1) is 28.0. The molecule has 0 saturated heterocycles. The zero-order valence-electron chi connectivity index (χ0n) is 31.9. The number of hydrogen-bond acceptors (Lipinski definition) is 2. The Morgan fingerprint density at radius 2 is 0.982 bits per heavy atom. The molecule has 0 amide bonds. The highest BCUT2D eigenvalue weighted by atomic mass is 32.1. The summed E-state index contributed by atoms with van der Waals surface area (Å²) in [6.07, 6.45) is 0. The number of thiophene rings is 1. The zero-order valence-corrected chi connectivity index (χ0v) is 32.7. The van der Waals surface area contributed by atoms with Crippen LogP contribution < -0.4 is 4.90 Å². The molecule has 0 atom stereocenters. The van der Waals surface area contributed by atoms with E-state index in [4.69, 9.17) is 0 Å². The lowest BCUT2D eigenvalue weighted by molar-refractivity contribution is 0.660. The Labute approximate surface area is 337 Å². The van der Waals surface area contributed by atoms with Crippen LogP contribution in [-0.2, 0) is 5.41 Å². The molecule has 0 unspecified atom stereocenters. The molecule has 2 heteroatoms. The van der Waals surface area contributed by atoms with Gasteiger partial charge >= 0.3 is 0 Å². The first kappa shape index (κ1) is 33.6. The van der Waals surface area contributed by atoms with E-state index in [0.29, 0.717) is 0 Å². The summed E-state index contributed by atoms with van der Waals surface area (Å²) in [5.41, 5.74) is 16.0. The molecule has 1 aromatic heterocycles. The van der Waals surface area contributed by atoms with Gasteiger partial charge in [0.15, 0.2) is 0 Å². The fraction of sp³-hybridized carbons (Fsp3) is 0.0545. The minimum Gasteiger partial charge on any atom is -0.309 e. The Hall–Kier alpha value is -6.74. The summed E-state index contributed by atoms with van der Waals surface area (Å²) in [5.74, 6) is 0. The number of anilines is 3. The quantitative estimate of drug-likeness (QED) is 0.164. The summed E-state index contributed by atoms with van der Waals surface area (Å²) in [6, 6.07) is 74.0. The second-order valence-electron chi connectivity index (χ2n) is 15.7. The van der Waals surface area contributed by atoms with Gasteiger partial charge in [-0.05, 0) is 104 Å². The summed E-state index contributed by atoms with van der Waals surface area (Å²) in [5, 5.41) is 5.11. The van der Waals surface area contributed by atoms with Crippen molar-refractivity contribution in [3.8, 4) is 44.5 Å². The van der Waals surface area contributed by atoms with Crippen molar-refractivity contribution >= 4 is 59.3 Å². The van der Waals surface area contributed by atoms with E-state index in [1.54, 1.807) is 0 Å². The van der Waals surface area contributed by atoms with Gasteiger partial charge in [0.25, 0.3) is 0 Å². The smallest absolute Gasteiger partial charge is 0.0540 e. The number of rotatable bonds is 6. The van der Waals surface area contributed by atoms with E-state index in [-0.39, 0.29) is 5.41 Å². The van der Waals surface area contributed by atoms with Gasteiger partial charge in [0.1, 0.15) is 0 Å². The highest BCUT2D eigenvalue weighted by Gasteiger charge is 2.37. The normalized spacial score (nSPS) is 12.9. The van der Waals surface area contributed by atoms with E-state index in [2.05, 4.69) is 219 Å². The van der Waals surface area contributed by atoms with Gasteiger partial charge in [0, 0.05) is 42.4 Å². The fourth-order valence-corrected chi connectivity index (χ4v) is 10.3. The maximum atomic E-state index is 2.48. The molecule has 1 nitrogen and oxygen atoms in total. The third-order valence-electron chi connectivity index (χ3n) is 12.1. The molecule has 10 aromatic rings. The van der Waals surface area contributed by atoms with Gasteiger partial charge in [-0.25, -0.2) is 0 Å². The van der Waals surface area contributed by atoms with Crippen molar-refractivity contribution in [2.75, 3.05) is 4.90 Å². The molecule has 270 valence electrons. The van der Waals surface area contributed by atoms with Crippen molar-refractivity contribution in [1.29, 1.82) is 0 Å². The SMILES string of the molecule is CC1(C)c2ccccc2-c2c(-c3ccccc3N(c3ccc(-c4ccc5sc6ccccc6c5c4)cc3)c3ccccc3-c3ccc4ccccc4c3)cccc21. The van der Waals surface area contributed by atoms with Crippen LogP contribution in [0.25, 0.3) is 75.5 Å². The van der Waals surface area contributed by atoms with Crippen molar-refractivity contribution in [1.82, 2.24) is 0 Å². The molecule has 0 radical (unpaired) electrons. The average molecular weight is 746 g/mol. The lowest BCUT2D eigenvalue weighted by Gasteiger charge is -2.30. The molecule has 1 aliphatic rings. The van der Waals surface area contributed by atoms with Crippen molar-refractivity contribution in [2.45, 2.75) is 19.3 Å². The third-order valence-corrected chi connectivity index (χ3v) is 13.2. The average Bonchev–Trinajstić information content (AvgIpc) is 3.76. The van der Waals surface area contributed by atoms with Crippen LogP contribution >= 0.6 is 11.3 Å². The summed E-state index contributed by atoms with van der Waals surface area (Å²) in [7, 11) is 0. The predicted molar refractivity (Wildman–Crippen MR) is 245 cm³/mol. The summed E-state index contributed by atoms with van der Waals surface area (Å²) in [6.45, 7) is 4.72. The lowest BCUT2D eigenvalue weighted by Crippen LogP contribution is -2.15. The van der Waals surface area contributed by atoms with E-state index in [1.165, 1.54) is 86.6 Å². The van der Waals surface area contributed by atoms with Gasteiger partial charge in [-0.2, -0.15) is 0 Å². The summed E-state index contributed by atoms with van der Waals surface area (Å²) < 4.78 is 2.65. The van der Waals surface area contributed by atoms with Crippen molar-refractivity contribution < 1.29 is 0 Å². The highest BCUT2D eigenvalue weighted by molar-refractivity contribution is 7.25. The molecular weight excluding hydrogens is 707 g/mol. The van der Waals surface area contributed by atoms with E-state index in [9.17, 15) is 0 Å². The summed E-state index contributed by atoms with van der Waals surface area (Å²) in [4.78, 5) is 2.48. The van der Waals surface area contributed by atoms with E-state index in [1.807, 2.05) is 11.3 Å². The molecule has 1 aliphatic carbocycles. The van der Waals surface area contributed by atoms with E-state index < -0.39 is 0 Å². The van der Waals surface area contributed by atoms with Gasteiger partial charge < -0.3 is 4.90 Å². The molecular formula is C55H39NS. The van der Waals surface area contributed by atoms with Gasteiger partial charge in [0.05, 0.1) is 11.4 Å². The number of nitrogens with zero attached hydrogens (tertiary/aromatic N) is 1. The van der Waals surface area contributed by atoms with Gasteiger partial charge in [0.2, 0.25) is 0 Å². The molecule has 0 spiro atoms. The zero-order chi connectivity index (χ0) is 38.1. The number of benzene rings is 9. The van der Waals surface area contributed by atoms with Crippen molar-refractivity contribution in [3.63, 3.8) is 0 Å². The minimum atomic E-state index is -0.0899. The van der Waals surface area contributed by atoms with Gasteiger partial charge in [-0.1, -0.05) is 166 Å². The molecule has 0 saturated carbocycles. The second-order valence-corrected chi connectivity index (χ2v) is 16.8. The maximum absolute atomic E-state index is 2.48. The molecule has 11 rings (SSSR count). The summed E-state index contributed by atoms with van der Waals surface area (Å²) >= 11 is 1.86. The van der Waals surface area contributed by atoms with Crippen LogP contribution in [0, 0.1) is 0 Å². The van der Waals surface area contributed by atoms with Crippen LogP contribution in [0.2, 0.25) is 0 Å². The molecule has 57 heavy (non-hydrogen) atoms. The highest BCUT2D eigenvalue weighted by Crippen LogP contribution is 2.54. The molecule has 0 N–H and O–H groups in total. The Balaban J connectivity index is 1.11. The van der Waals surface area contributed by atoms with Crippen LogP contribution in [0.4, 0.5) is 17.1 Å². The molecule has 1 heterocycles. The lowest BCUT2D eigenvalue weighted by atomic mass is 9.82. The first-order valence-corrected chi connectivity index (χ1v) is 20.6. The number of hydrogen-bond donors (Lipinski definition) is 0. The van der Waals surface area contributed by atoms with Crippen LogP contribution in [0.1, 0.15) is 25.0 Å². The largest absolute Gasteiger partial charge is 0.309 e. The molecule has 9 aromatic carbocycles.